The molecule has 0 bridgehead atoms. The second kappa shape index (κ2) is 8.16. The summed E-state index contributed by atoms with van der Waals surface area (Å²) in [7, 11) is 0. The minimum absolute atomic E-state index is 0.0484. The zero-order chi connectivity index (χ0) is 15.8. The van der Waals surface area contributed by atoms with Gasteiger partial charge in [-0.15, -0.1) is 0 Å². The fourth-order valence-corrected chi connectivity index (χ4v) is 1.91. The molecule has 0 aliphatic rings. The third-order valence-electron chi connectivity index (χ3n) is 2.69. The molecule has 6 heteroatoms. The van der Waals surface area contributed by atoms with Crippen LogP contribution in [0.2, 0.25) is 0 Å². The number of phenols is 2. The monoisotopic (exact) mass is 306 g/mol. The molecule has 5 nitrogen and oxygen atoms in total. The summed E-state index contributed by atoms with van der Waals surface area (Å²) in [5.41, 5.74) is 0.577. The first-order valence-corrected chi connectivity index (χ1v) is 7.60. The number of amidine groups is 1. The molecule has 1 aromatic rings. The van der Waals surface area contributed by atoms with Crippen molar-refractivity contribution in [3.8, 4) is 11.5 Å². The van der Waals surface area contributed by atoms with E-state index in [2.05, 4.69) is 6.58 Å². The van der Waals surface area contributed by atoms with E-state index in [0.717, 1.165) is 5.75 Å². The topological polar surface area (TPSA) is 84.6 Å². The number of carbonyl (C=O) groups is 1. The fraction of sp³-hybridized carbons (Fsp3) is 0.200. The van der Waals surface area contributed by atoms with Crippen LogP contribution in [0.3, 0.4) is 0 Å². The Morgan fingerprint density at radius 2 is 2.14 bits per heavy atom. The van der Waals surface area contributed by atoms with Crippen molar-refractivity contribution in [1.82, 2.24) is 4.90 Å². The van der Waals surface area contributed by atoms with Crippen LogP contribution in [0, 0.1) is 5.41 Å². The molecule has 0 spiro atoms. The van der Waals surface area contributed by atoms with E-state index in [1.807, 2.05) is 6.26 Å². The lowest BCUT2D eigenvalue weighted by Crippen LogP contribution is -2.35. The zero-order valence-electron chi connectivity index (χ0n) is 11.7. The Bertz CT molecular complexity index is 570. The van der Waals surface area contributed by atoms with E-state index in [0.29, 0.717) is 12.1 Å². The van der Waals surface area contributed by atoms with Gasteiger partial charge in [0.1, 0.15) is 5.84 Å². The summed E-state index contributed by atoms with van der Waals surface area (Å²) in [5.74, 6) is -0.0274. The van der Waals surface area contributed by atoms with Gasteiger partial charge in [-0.1, -0.05) is 12.6 Å². The Morgan fingerprint density at radius 3 is 2.71 bits per heavy atom. The number of hydrogen-bond acceptors (Lipinski definition) is 5. The Morgan fingerprint density at radius 1 is 1.43 bits per heavy atom. The lowest BCUT2D eigenvalue weighted by atomic mass is 10.2. The number of amides is 1. The number of aromatic hydroxyl groups is 2. The number of phenolic OH excluding ortho intramolecular Hbond substituents is 2. The van der Waals surface area contributed by atoms with Gasteiger partial charge in [-0.05, 0) is 36.1 Å². The molecule has 112 valence electrons. The Balaban J connectivity index is 2.84. The van der Waals surface area contributed by atoms with E-state index in [1.165, 1.54) is 35.3 Å². The minimum Gasteiger partial charge on any atom is -0.504 e. The van der Waals surface area contributed by atoms with E-state index in [1.54, 1.807) is 17.8 Å². The second-order valence-electron chi connectivity index (χ2n) is 4.15. The molecular weight excluding hydrogens is 288 g/mol. The molecule has 0 saturated heterocycles. The highest BCUT2D eigenvalue weighted by Gasteiger charge is 2.13. The van der Waals surface area contributed by atoms with Crippen molar-refractivity contribution >= 4 is 29.6 Å². The van der Waals surface area contributed by atoms with Crippen LogP contribution in [0.15, 0.2) is 36.9 Å². The Labute approximate surface area is 128 Å². The smallest absolute Gasteiger partial charge is 0.252 e. The van der Waals surface area contributed by atoms with E-state index in [4.69, 9.17) is 5.41 Å². The molecule has 0 aliphatic carbocycles. The first kappa shape index (κ1) is 16.8. The number of hydrogen-bond donors (Lipinski definition) is 3. The van der Waals surface area contributed by atoms with Crippen LogP contribution in [-0.4, -0.2) is 45.4 Å². The van der Waals surface area contributed by atoms with Gasteiger partial charge < -0.3 is 10.2 Å². The van der Waals surface area contributed by atoms with E-state index < -0.39 is 0 Å². The van der Waals surface area contributed by atoms with Crippen molar-refractivity contribution in [2.45, 2.75) is 0 Å². The van der Waals surface area contributed by atoms with Gasteiger partial charge in [0.2, 0.25) is 0 Å². The number of carbonyl (C=O) groups excluding carboxylic acids is 1. The molecule has 1 aromatic carbocycles. The predicted molar refractivity (Wildman–Crippen MR) is 86.8 cm³/mol. The highest BCUT2D eigenvalue weighted by molar-refractivity contribution is 7.98. The molecular formula is C15H18N2O3S. The first-order valence-electron chi connectivity index (χ1n) is 6.21. The van der Waals surface area contributed by atoms with Crippen molar-refractivity contribution in [2.75, 3.05) is 18.6 Å². The summed E-state index contributed by atoms with van der Waals surface area (Å²) >= 11 is 1.58. The average molecular weight is 306 g/mol. The summed E-state index contributed by atoms with van der Waals surface area (Å²) in [5, 5.41) is 26.3. The largest absolute Gasteiger partial charge is 0.504 e. The van der Waals surface area contributed by atoms with Crippen molar-refractivity contribution in [1.29, 1.82) is 5.41 Å². The maximum Gasteiger partial charge on any atom is 0.252 e. The molecule has 1 amide bonds. The summed E-state index contributed by atoms with van der Waals surface area (Å²) in [6.45, 7) is 3.93. The van der Waals surface area contributed by atoms with Crippen molar-refractivity contribution < 1.29 is 15.0 Å². The molecule has 0 fully saturated rings. The van der Waals surface area contributed by atoms with Gasteiger partial charge in [-0.3, -0.25) is 15.1 Å². The van der Waals surface area contributed by atoms with Crippen LogP contribution in [-0.2, 0) is 4.79 Å². The average Bonchev–Trinajstić information content (AvgIpc) is 2.48. The molecule has 0 saturated carbocycles. The lowest BCUT2D eigenvalue weighted by Gasteiger charge is -2.19. The number of benzene rings is 1. The van der Waals surface area contributed by atoms with Gasteiger partial charge in [0.05, 0.1) is 0 Å². The molecule has 0 heterocycles. The van der Waals surface area contributed by atoms with Gasteiger partial charge in [0.15, 0.2) is 11.5 Å². The number of rotatable bonds is 6. The number of nitrogens with one attached hydrogen (secondary N) is 1. The van der Waals surface area contributed by atoms with Crippen LogP contribution in [0.1, 0.15) is 5.56 Å². The molecule has 0 aromatic heterocycles. The fourth-order valence-electron chi connectivity index (χ4n) is 1.54. The highest BCUT2D eigenvalue weighted by Crippen LogP contribution is 2.25. The van der Waals surface area contributed by atoms with E-state index in [-0.39, 0.29) is 23.2 Å². The van der Waals surface area contributed by atoms with Crippen LogP contribution < -0.4 is 0 Å². The second-order valence-corrected chi connectivity index (χ2v) is 5.14. The maximum atomic E-state index is 12.1. The molecule has 0 unspecified atom stereocenters. The maximum absolute atomic E-state index is 12.1. The SMILES string of the molecule is C=CC(=N)N(CCSC)C(=O)/C=C/c1ccc(O)c(O)c1. The number of nitrogens with zero attached hydrogens (tertiary/aromatic N) is 1. The van der Waals surface area contributed by atoms with Crippen LogP contribution in [0.5, 0.6) is 11.5 Å². The van der Waals surface area contributed by atoms with Crippen LogP contribution in [0.25, 0.3) is 6.08 Å². The van der Waals surface area contributed by atoms with Gasteiger partial charge >= 0.3 is 0 Å². The molecule has 3 N–H and O–H groups in total. The van der Waals surface area contributed by atoms with Gasteiger partial charge in [-0.25, -0.2) is 0 Å². The Hall–Kier alpha value is -2.21. The van der Waals surface area contributed by atoms with Crippen LogP contribution in [0.4, 0.5) is 0 Å². The molecule has 0 aliphatic heterocycles. The van der Waals surface area contributed by atoms with Crippen molar-refractivity contribution in [2.24, 2.45) is 0 Å². The first-order chi connectivity index (χ1) is 9.99. The summed E-state index contributed by atoms with van der Waals surface area (Å²) in [6, 6.07) is 4.27. The van der Waals surface area contributed by atoms with Gasteiger partial charge in [0.25, 0.3) is 5.91 Å². The third-order valence-corrected chi connectivity index (χ3v) is 3.28. The molecule has 0 atom stereocenters. The molecule has 0 radical (unpaired) electrons. The van der Waals surface area contributed by atoms with Crippen LogP contribution >= 0.6 is 11.8 Å². The summed E-state index contributed by atoms with van der Waals surface area (Å²) in [6.07, 6.45) is 6.09. The third kappa shape index (κ3) is 5.00. The van der Waals surface area contributed by atoms with E-state index in [9.17, 15) is 15.0 Å². The predicted octanol–water partition coefficient (Wildman–Crippen LogP) is 2.47. The van der Waals surface area contributed by atoms with E-state index >= 15 is 0 Å². The van der Waals surface area contributed by atoms with Gasteiger partial charge in [0, 0.05) is 18.4 Å². The molecule has 1 rings (SSSR count). The molecule has 21 heavy (non-hydrogen) atoms. The lowest BCUT2D eigenvalue weighted by molar-refractivity contribution is -0.122. The standard InChI is InChI=1S/C15H18N2O3S/c1-3-14(16)17(8-9-21-2)15(20)7-5-11-4-6-12(18)13(19)10-11/h3-7,10,16,18-19H,1,8-9H2,2H3/b7-5+,16-14?. The summed E-state index contributed by atoms with van der Waals surface area (Å²) < 4.78 is 0. The summed E-state index contributed by atoms with van der Waals surface area (Å²) in [4.78, 5) is 13.4. The minimum atomic E-state index is -0.332. The van der Waals surface area contributed by atoms with Crippen molar-refractivity contribution in [3.05, 3.63) is 42.5 Å². The van der Waals surface area contributed by atoms with Gasteiger partial charge in [-0.2, -0.15) is 11.8 Å². The zero-order valence-corrected chi connectivity index (χ0v) is 12.6. The quantitative estimate of drug-likeness (QED) is 0.326. The number of thioether (sulfide) groups is 1. The highest BCUT2D eigenvalue weighted by atomic mass is 32.2. The van der Waals surface area contributed by atoms with Crippen molar-refractivity contribution in [3.63, 3.8) is 0 Å². The Kier molecular flexibility index (Phi) is 6.55. The normalized spacial score (nSPS) is 10.5.